The average molecular weight is 227 g/mol. The van der Waals surface area contributed by atoms with Crippen molar-refractivity contribution < 1.29 is 14.3 Å². The van der Waals surface area contributed by atoms with Gasteiger partial charge in [-0.05, 0) is 6.92 Å². The Hall–Kier alpha value is -1.56. The molecule has 1 rings (SSSR count). The van der Waals surface area contributed by atoms with Crippen LogP contribution in [0.25, 0.3) is 0 Å². The number of carbonyl (C=O) groups excluding carboxylic acids is 1. The van der Waals surface area contributed by atoms with Crippen molar-refractivity contribution in [2.75, 3.05) is 14.2 Å². The number of aromatic nitrogens is 2. The Morgan fingerprint density at radius 3 is 2.69 bits per heavy atom. The summed E-state index contributed by atoms with van der Waals surface area (Å²) in [5, 5.41) is 4.20. The molecule has 0 saturated carbocycles. The molecule has 0 saturated heterocycles. The fourth-order valence-electron chi connectivity index (χ4n) is 1.69. The van der Waals surface area contributed by atoms with E-state index in [4.69, 9.17) is 10.5 Å². The van der Waals surface area contributed by atoms with Crippen molar-refractivity contribution in [1.82, 2.24) is 9.78 Å². The van der Waals surface area contributed by atoms with Crippen molar-refractivity contribution in [1.29, 1.82) is 0 Å². The lowest BCUT2D eigenvalue weighted by molar-refractivity contribution is -0.141. The molecular formula is C10H17N3O3. The highest BCUT2D eigenvalue weighted by Crippen LogP contribution is 2.28. The molecule has 1 aromatic heterocycles. The largest absolute Gasteiger partial charge is 0.481 e. The summed E-state index contributed by atoms with van der Waals surface area (Å²) in [4.78, 5) is 11.1. The summed E-state index contributed by atoms with van der Waals surface area (Å²) in [5.41, 5.74) is 7.43. The summed E-state index contributed by atoms with van der Waals surface area (Å²) < 4.78 is 11.4. The predicted molar refractivity (Wildman–Crippen MR) is 58.1 cm³/mol. The van der Waals surface area contributed by atoms with Crippen LogP contribution in [0.1, 0.15) is 23.7 Å². The van der Waals surface area contributed by atoms with E-state index in [2.05, 4.69) is 9.84 Å². The predicted octanol–water partition coefficient (Wildman–Crippen LogP) is 0.300. The molecule has 2 N–H and O–H groups in total. The van der Waals surface area contributed by atoms with Crippen molar-refractivity contribution in [3.05, 3.63) is 11.3 Å². The first-order valence-corrected chi connectivity index (χ1v) is 4.91. The maximum atomic E-state index is 11.1. The number of esters is 1. The van der Waals surface area contributed by atoms with Gasteiger partial charge in [0.05, 0.1) is 31.9 Å². The first-order chi connectivity index (χ1) is 7.51. The Morgan fingerprint density at radius 1 is 1.56 bits per heavy atom. The van der Waals surface area contributed by atoms with Crippen LogP contribution in [-0.4, -0.2) is 30.0 Å². The van der Waals surface area contributed by atoms with E-state index in [9.17, 15) is 4.79 Å². The highest BCUT2D eigenvalue weighted by molar-refractivity contribution is 5.70. The third-order valence-corrected chi connectivity index (χ3v) is 2.39. The molecule has 0 amide bonds. The van der Waals surface area contributed by atoms with Gasteiger partial charge in [0, 0.05) is 13.1 Å². The Morgan fingerprint density at radius 2 is 2.19 bits per heavy atom. The van der Waals surface area contributed by atoms with Crippen LogP contribution in [-0.2, 0) is 16.6 Å². The number of nitrogens with zero attached hydrogens (tertiary/aromatic N) is 2. The van der Waals surface area contributed by atoms with Gasteiger partial charge < -0.3 is 15.2 Å². The fourth-order valence-corrected chi connectivity index (χ4v) is 1.69. The number of hydrogen-bond donors (Lipinski definition) is 1. The van der Waals surface area contributed by atoms with Gasteiger partial charge in [0.15, 0.2) is 0 Å². The minimum atomic E-state index is -0.462. The Bertz CT molecular complexity index is 387. The smallest absolute Gasteiger partial charge is 0.307 e. The number of ether oxygens (including phenoxy) is 2. The summed E-state index contributed by atoms with van der Waals surface area (Å²) in [7, 11) is 4.65. The number of rotatable bonds is 4. The highest BCUT2D eigenvalue weighted by atomic mass is 16.5. The van der Waals surface area contributed by atoms with E-state index in [0.29, 0.717) is 5.88 Å². The Balaban J connectivity index is 2.98. The standard InChI is InChI=1S/C10H17N3O3/c1-6-9(7(11)5-8(14)15-3)10(16-4)13(2)12-6/h7H,5,11H2,1-4H3. The van der Waals surface area contributed by atoms with Gasteiger partial charge in [-0.1, -0.05) is 0 Å². The van der Waals surface area contributed by atoms with Gasteiger partial charge in [-0.25, -0.2) is 4.68 Å². The first kappa shape index (κ1) is 12.5. The average Bonchev–Trinajstić information content (AvgIpc) is 2.52. The van der Waals surface area contributed by atoms with Crippen molar-refractivity contribution in [2.45, 2.75) is 19.4 Å². The molecule has 1 atom stereocenters. The number of hydrogen-bond acceptors (Lipinski definition) is 5. The van der Waals surface area contributed by atoms with Crippen molar-refractivity contribution in [2.24, 2.45) is 12.8 Å². The molecule has 16 heavy (non-hydrogen) atoms. The van der Waals surface area contributed by atoms with E-state index < -0.39 is 6.04 Å². The van der Waals surface area contributed by atoms with E-state index in [1.807, 2.05) is 6.92 Å². The van der Waals surface area contributed by atoms with Crippen LogP contribution < -0.4 is 10.5 Å². The minimum absolute atomic E-state index is 0.111. The van der Waals surface area contributed by atoms with Crippen LogP contribution in [0.2, 0.25) is 0 Å². The second-order valence-corrected chi connectivity index (χ2v) is 3.52. The maximum absolute atomic E-state index is 11.1. The quantitative estimate of drug-likeness (QED) is 0.748. The summed E-state index contributed by atoms with van der Waals surface area (Å²) in [6, 6.07) is -0.462. The van der Waals surface area contributed by atoms with Gasteiger partial charge in [0.25, 0.3) is 0 Å². The zero-order valence-electron chi connectivity index (χ0n) is 9.98. The van der Waals surface area contributed by atoms with E-state index in [-0.39, 0.29) is 12.4 Å². The molecule has 0 aliphatic rings. The molecule has 0 aliphatic heterocycles. The number of carbonyl (C=O) groups is 1. The molecule has 0 bridgehead atoms. The van der Waals surface area contributed by atoms with E-state index in [0.717, 1.165) is 11.3 Å². The third kappa shape index (κ3) is 2.33. The lowest BCUT2D eigenvalue weighted by Gasteiger charge is -2.11. The normalized spacial score (nSPS) is 12.3. The highest BCUT2D eigenvalue weighted by Gasteiger charge is 2.22. The van der Waals surface area contributed by atoms with Crippen molar-refractivity contribution >= 4 is 5.97 Å². The molecular weight excluding hydrogens is 210 g/mol. The van der Waals surface area contributed by atoms with Crippen LogP contribution in [0.5, 0.6) is 5.88 Å². The molecule has 0 aliphatic carbocycles. The summed E-state index contributed by atoms with van der Waals surface area (Å²) in [6.45, 7) is 1.83. The van der Waals surface area contributed by atoms with Crippen molar-refractivity contribution in [3.8, 4) is 5.88 Å². The third-order valence-electron chi connectivity index (χ3n) is 2.39. The molecule has 0 aromatic carbocycles. The maximum Gasteiger partial charge on any atom is 0.307 e. The second kappa shape index (κ2) is 4.98. The summed E-state index contributed by atoms with van der Waals surface area (Å²) >= 11 is 0. The van der Waals surface area contributed by atoms with Crippen LogP contribution >= 0.6 is 0 Å². The molecule has 1 unspecified atom stereocenters. The van der Waals surface area contributed by atoms with Crippen LogP contribution in [0.15, 0.2) is 0 Å². The van der Waals surface area contributed by atoms with Gasteiger partial charge in [-0.15, -0.1) is 0 Å². The molecule has 90 valence electrons. The first-order valence-electron chi connectivity index (χ1n) is 4.91. The molecule has 0 spiro atoms. The van der Waals surface area contributed by atoms with Crippen LogP contribution in [0, 0.1) is 6.92 Å². The second-order valence-electron chi connectivity index (χ2n) is 3.52. The van der Waals surface area contributed by atoms with E-state index in [1.54, 1.807) is 18.8 Å². The van der Waals surface area contributed by atoms with Gasteiger partial charge in [0.1, 0.15) is 0 Å². The number of methoxy groups -OCH3 is 2. The Labute approximate surface area is 94.3 Å². The van der Waals surface area contributed by atoms with Crippen LogP contribution in [0.3, 0.4) is 0 Å². The molecule has 0 radical (unpaired) electrons. The zero-order chi connectivity index (χ0) is 12.3. The molecule has 6 heteroatoms. The number of nitrogens with two attached hydrogens (primary N) is 1. The van der Waals surface area contributed by atoms with Crippen LogP contribution in [0.4, 0.5) is 0 Å². The fraction of sp³-hybridized carbons (Fsp3) is 0.600. The zero-order valence-corrected chi connectivity index (χ0v) is 9.98. The lowest BCUT2D eigenvalue weighted by atomic mass is 10.1. The van der Waals surface area contributed by atoms with Gasteiger partial charge in [0.2, 0.25) is 5.88 Å². The van der Waals surface area contributed by atoms with Crippen molar-refractivity contribution in [3.63, 3.8) is 0 Å². The molecule has 1 aromatic rings. The topological polar surface area (TPSA) is 79.4 Å². The van der Waals surface area contributed by atoms with Gasteiger partial charge in [-0.3, -0.25) is 4.79 Å². The minimum Gasteiger partial charge on any atom is -0.481 e. The Kier molecular flexibility index (Phi) is 3.89. The monoisotopic (exact) mass is 227 g/mol. The lowest BCUT2D eigenvalue weighted by Crippen LogP contribution is -2.17. The van der Waals surface area contributed by atoms with E-state index >= 15 is 0 Å². The molecule has 1 heterocycles. The van der Waals surface area contributed by atoms with Gasteiger partial charge in [-0.2, -0.15) is 5.10 Å². The van der Waals surface area contributed by atoms with Gasteiger partial charge >= 0.3 is 5.97 Å². The molecule has 6 nitrogen and oxygen atoms in total. The molecule has 0 fully saturated rings. The summed E-state index contributed by atoms with van der Waals surface area (Å²) in [5.74, 6) is 0.228. The SMILES string of the molecule is COC(=O)CC(N)c1c(C)nn(C)c1OC. The number of aryl methyl sites for hydroxylation is 2. The summed E-state index contributed by atoms with van der Waals surface area (Å²) in [6.07, 6.45) is 0.111. The van der Waals surface area contributed by atoms with E-state index in [1.165, 1.54) is 7.11 Å².